The van der Waals surface area contributed by atoms with Gasteiger partial charge in [0, 0.05) is 32.5 Å². The molecule has 4 amide bonds. The number of rotatable bonds is 42. The third kappa shape index (κ3) is 39.2. The van der Waals surface area contributed by atoms with Crippen molar-refractivity contribution < 1.29 is 48.0 Å². The van der Waals surface area contributed by atoms with E-state index in [9.17, 15) is 29.1 Å². The van der Waals surface area contributed by atoms with Gasteiger partial charge in [-0.05, 0) is 19.3 Å². The highest BCUT2D eigenvalue weighted by molar-refractivity contribution is 5.84. The van der Waals surface area contributed by atoms with Gasteiger partial charge in [0.1, 0.15) is 19.3 Å². The molecule has 0 aromatic carbocycles. The summed E-state index contributed by atoms with van der Waals surface area (Å²) in [7, 11) is 0. The van der Waals surface area contributed by atoms with Crippen LogP contribution in [0.15, 0.2) is 0 Å². The van der Waals surface area contributed by atoms with Crippen LogP contribution in [-0.4, -0.2) is 113 Å². The fraction of sp³-hybridized carbons (Fsp3) is 0.878. The molecular formula is C41H78N4O10. The van der Waals surface area contributed by atoms with Crippen LogP contribution in [0.1, 0.15) is 155 Å². The summed E-state index contributed by atoms with van der Waals surface area (Å²) in [6.07, 6.45) is 23.2. The minimum absolute atomic E-state index is 0.000200. The first-order valence-corrected chi connectivity index (χ1v) is 21.4. The van der Waals surface area contributed by atoms with Crippen molar-refractivity contribution in [1.29, 1.82) is 0 Å². The van der Waals surface area contributed by atoms with Crippen LogP contribution in [0.4, 0.5) is 0 Å². The molecule has 0 aliphatic heterocycles. The summed E-state index contributed by atoms with van der Waals surface area (Å²) in [6, 6.07) is -1.11. The average Bonchev–Trinajstić information content (AvgIpc) is 3.16. The average molecular weight is 787 g/mol. The van der Waals surface area contributed by atoms with Crippen LogP contribution in [0.25, 0.3) is 0 Å². The van der Waals surface area contributed by atoms with E-state index < -0.39 is 12.0 Å². The zero-order chi connectivity index (χ0) is 40.5. The van der Waals surface area contributed by atoms with Crippen molar-refractivity contribution in [1.82, 2.24) is 21.3 Å². The standard InChI is InChI=1S/C41H78N4O10/c1-3-5-7-9-10-11-12-13-14-15-16-17-18-19-20-22-38(47)45-36(41(50)51)23-24-37(46)43-26-28-52-30-33-55-35-40(49)44-27-29-53-31-32-54-34-39(48)42-25-21-8-6-4-2/h36H,3-35H2,1-2H3,(H,42,48)(H,43,46)(H,44,49)(H,45,47)(H,50,51). The van der Waals surface area contributed by atoms with Crippen LogP contribution in [0.3, 0.4) is 0 Å². The van der Waals surface area contributed by atoms with Gasteiger partial charge in [-0.2, -0.15) is 0 Å². The number of ether oxygens (including phenoxy) is 4. The Kier molecular flexibility index (Phi) is 38.8. The second-order valence-electron chi connectivity index (χ2n) is 14.1. The second-order valence-corrected chi connectivity index (χ2v) is 14.1. The summed E-state index contributed by atoms with van der Waals surface area (Å²) in [6.45, 7) is 7.04. The molecule has 1 atom stereocenters. The first kappa shape index (κ1) is 52.2. The van der Waals surface area contributed by atoms with E-state index in [0.717, 1.165) is 38.5 Å². The smallest absolute Gasteiger partial charge is 0.326 e. The molecule has 0 radical (unpaired) electrons. The predicted octanol–water partition coefficient (Wildman–Crippen LogP) is 5.59. The lowest BCUT2D eigenvalue weighted by Gasteiger charge is -2.14. The Hall–Kier alpha value is -2.81. The molecule has 14 heteroatoms. The third-order valence-corrected chi connectivity index (χ3v) is 9.00. The first-order valence-electron chi connectivity index (χ1n) is 21.4. The van der Waals surface area contributed by atoms with E-state index in [4.69, 9.17) is 18.9 Å². The number of carbonyl (C=O) groups is 5. The maximum Gasteiger partial charge on any atom is 0.326 e. The van der Waals surface area contributed by atoms with E-state index in [2.05, 4.69) is 35.1 Å². The zero-order valence-corrected chi connectivity index (χ0v) is 34.5. The van der Waals surface area contributed by atoms with Crippen LogP contribution in [0.5, 0.6) is 0 Å². The molecule has 0 aromatic rings. The fourth-order valence-corrected chi connectivity index (χ4v) is 5.72. The summed E-state index contributed by atoms with van der Waals surface area (Å²) in [5, 5.41) is 20.2. The van der Waals surface area contributed by atoms with Crippen molar-refractivity contribution in [3.63, 3.8) is 0 Å². The molecule has 1 unspecified atom stereocenters. The van der Waals surface area contributed by atoms with Crippen LogP contribution in [0.2, 0.25) is 0 Å². The molecule has 0 saturated carbocycles. The Bertz CT molecular complexity index is 956. The summed E-state index contributed by atoms with van der Waals surface area (Å²) < 4.78 is 21.3. The molecule has 0 bridgehead atoms. The molecule has 14 nitrogen and oxygen atoms in total. The highest BCUT2D eigenvalue weighted by Gasteiger charge is 2.20. The normalized spacial score (nSPS) is 11.6. The number of carbonyl (C=O) groups excluding carboxylic acids is 4. The number of hydrogen-bond donors (Lipinski definition) is 5. The molecule has 0 heterocycles. The highest BCUT2D eigenvalue weighted by Crippen LogP contribution is 2.14. The van der Waals surface area contributed by atoms with Gasteiger partial charge >= 0.3 is 5.97 Å². The van der Waals surface area contributed by atoms with Gasteiger partial charge in [0.05, 0.1) is 39.6 Å². The van der Waals surface area contributed by atoms with Crippen molar-refractivity contribution in [2.24, 2.45) is 0 Å². The van der Waals surface area contributed by atoms with Crippen LogP contribution < -0.4 is 21.3 Å². The molecule has 55 heavy (non-hydrogen) atoms. The third-order valence-electron chi connectivity index (χ3n) is 9.00. The zero-order valence-electron chi connectivity index (χ0n) is 34.5. The number of carboxylic acids is 1. The van der Waals surface area contributed by atoms with Gasteiger partial charge < -0.3 is 45.3 Å². The molecule has 0 aromatic heterocycles. The van der Waals surface area contributed by atoms with E-state index in [1.165, 1.54) is 83.5 Å². The maximum atomic E-state index is 12.3. The topological polar surface area (TPSA) is 191 Å². The van der Waals surface area contributed by atoms with Crippen molar-refractivity contribution >= 4 is 29.6 Å². The van der Waals surface area contributed by atoms with Crippen molar-refractivity contribution in [2.45, 2.75) is 161 Å². The SMILES string of the molecule is CCCCCCCCCCCCCCCCCC(=O)NC(CCC(=O)NCCOCCOCC(=O)NCCOCCOCC(=O)NCCCCCC)C(=O)O. The minimum atomic E-state index is -1.16. The highest BCUT2D eigenvalue weighted by atomic mass is 16.5. The van der Waals surface area contributed by atoms with Crippen LogP contribution in [0, 0.1) is 0 Å². The Morgan fingerprint density at radius 2 is 0.836 bits per heavy atom. The summed E-state index contributed by atoms with van der Waals surface area (Å²) in [5.41, 5.74) is 0. The minimum Gasteiger partial charge on any atom is -0.480 e. The lowest BCUT2D eigenvalue weighted by Crippen LogP contribution is -2.41. The van der Waals surface area contributed by atoms with Gasteiger partial charge in [0.2, 0.25) is 23.6 Å². The molecule has 5 N–H and O–H groups in total. The Balaban J connectivity index is 3.64. The number of nitrogens with one attached hydrogen (secondary N) is 4. The number of unbranched alkanes of at least 4 members (excludes halogenated alkanes) is 17. The van der Waals surface area contributed by atoms with Crippen molar-refractivity contribution in [3.05, 3.63) is 0 Å². The molecule has 322 valence electrons. The maximum absolute atomic E-state index is 12.3. The summed E-state index contributed by atoms with van der Waals surface area (Å²) in [4.78, 5) is 59.6. The Morgan fingerprint density at radius 1 is 0.436 bits per heavy atom. The van der Waals surface area contributed by atoms with Crippen molar-refractivity contribution in [2.75, 3.05) is 72.5 Å². The van der Waals surface area contributed by atoms with E-state index in [1.54, 1.807) is 0 Å². The number of carboxylic acid groups (broad SMARTS) is 1. The lowest BCUT2D eigenvalue weighted by molar-refractivity contribution is -0.142. The van der Waals surface area contributed by atoms with Gasteiger partial charge in [0.25, 0.3) is 0 Å². The molecule has 0 aliphatic rings. The fourth-order valence-electron chi connectivity index (χ4n) is 5.72. The molecule has 0 spiro atoms. The van der Waals surface area contributed by atoms with E-state index in [1.807, 2.05) is 0 Å². The number of hydrogen-bond acceptors (Lipinski definition) is 9. The van der Waals surface area contributed by atoms with Gasteiger partial charge in [-0.3, -0.25) is 19.2 Å². The molecule has 0 saturated heterocycles. The summed E-state index contributed by atoms with van der Waals surface area (Å²) in [5.74, 6) is -2.21. The van der Waals surface area contributed by atoms with Gasteiger partial charge in [-0.25, -0.2) is 4.79 Å². The predicted molar refractivity (Wildman–Crippen MR) is 215 cm³/mol. The van der Waals surface area contributed by atoms with Crippen LogP contribution >= 0.6 is 0 Å². The second kappa shape index (κ2) is 40.8. The van der Waals surface area contributed by atoms with E-state index in [-0.39, 0.29) is 89.1 Å². The first-order chi connectivity index (χ1) is 26.8. The monoisotopic (exact) mass is 787 g/mol. The van der Waals surface area contributed by atoms with Gasteiger partial charge in [-0.15, -0.1) is 0 Å². The largest absolute Gasteiger partial charge is 0.480 e. The molecule has 0 rings (SSSR count). The summed E-state index contributed by atoms with van der Waals surface area (Å²) >= 11 is 0. The van der Waals surface area contributed by atoms with Crippen molar-refractivity contribution in [3.8, 4) is 0 Å². The van der Waals surface area contributed by atoms with E-state index in [0.29, 0.717) is 26.3 Å². The Labute approximate surface area is 332 Å². The van der Waals surface area contributed by atoms with Crippen LogP contribution in [-0.2, 0) is 42.9 Å². The number of amides is 4. The molecule has 0 fully saturated rings. The molecular weight excluding hydrogens is 708 g/mol. The van der Waals surface area contributed by atoms with Gasteiger partial charge in [-0.1, -0.05) is 123 Å². The Morgan fingerprint density at radius 3 is 1.31 bits per heavy atom. The number of aliphatic carboxylic acids is 1. The lowest BCUT2D eigenvalue weighted by atomic mass is 10.0. The van der Waals surface area contributed by atoms with E-state index >= 15 is 0 Å². The quantitative estimate of drug-likeness (QED) is 0.0488. The van der Waals surface area contributed by atoms with Gasteiger partial charge in [0.15, 0.2) is 0 Å². The molecule has 0 aliphatic carbocycles.